The van der Waals surface area contributed by atoms with Crippen LogP contribution in [0.2, 0.25) is 0 Å². The fourth-order valence-corrected chi connectivity index (χ4v) is 3.05. The molecule has 4 heteroatoms. The molecule has 0 fully saturated rings. The summed E-state index contributed by atoms with van der Waals surface area (Å²) in [5.41, 5.74) is 2.89. The minimum atomic E-state index is -0.975. The molecule has 0 aliphatic carbocycles. The molecule has 0 spiro atoms. The molecule has 148 valence electrons. The number of carboxylic acids is 1. The van der Waals surface area contributed by atoms with Gasteiger partial charge in [-0.3, -0.25) is 0 Å². The van der Waals surface area contributed by atoms with E-state index in [1.165, 1.54) is 5.56 Å². The normalized spacial score (nSPS) is 11.1. The SMILES string of the molecule is COc1ccc(/C=C(\C(=O)O)c2ccccc2)cc1OCCCc1ccccc1. The van der Waals surface area contributed by atoms with Crippen LogP contribution in [0.1, 0.15) is 23.1 Å². The Bertz CT molecular complexity index is 963. The van der Waals surface area contributed by atoms with Gasteiger partial charge in [0.1, 0.15) is 0 Å². The highest BCUT2D eigenvalue weighted by molar-refractivity contribution is 6.20. The molecule has 0 saturated heterocycles. The van der Waals surface area contributed by atoms with Crippen LogP contribution in [0.25, 0.3) is 11.6 Å². The Kier molecular flexibility index (Phi) is 7.06. The van der Waals surface area contributed by atoms with E-state index in [2.05, 4.69) is 12.1 Å². The van der Waals surface area contributed by atoms with Gasteiger partial charge in [-0.1, -0.05) is 66.7 Å². The number of methoxy groups -OCH3 is 1. The number of carboxylic acid groups (broad SMARTS) is 1. The predicted molar refractivity (Wildman–Crippen MR) is 115 cm³/mol. The minimum absolute atomic E-state index is 0.228. The highest BCUT2D eigenvalue weighted by Gasteiger charge is 2.11. The van der Waals surface area contributed by atoms with Gasteiger partial charge in [-0.2, -0.15) is 0 Å². The summed E-state index contributed by atoms with van der Waals surface area (Å²) in [6.07, 6.45) is 3.45. The molecule has 3 rings (SSSR count). The first-order chi connectivity index (χ1) is 14.2. The lowest BCUT2D eigenvalue weighted by atomic mass is 10.0. The quantitative estimate of drug-likeness (QED) is 0.306. The Morgan fingerprint density at radius 3 is 2.28 bits per heavy atom. The van der Waals surface area contributed by atoms with Gasteiger partial charge in [0.15, 0.2) is 11.5 Å². The average molecular weight is 388 g/mol. The van der Waals surface area contributed by atoms with Gasteiger partial charge in [0.2, 0.25) is 0 Å². The molecule has 3 aromatic rings. The van der Waals surface area contributed by atoms with E-state index in [1.807, 2.05) is 48.5 Å². The molecule has 0 atom stereocenters. The van der Waals surface area contributed by atoms with Crippen LogP contribution in [-0.2, 0) is 11.2 Å². The van der Waals surface area contributed by atoms with E-state index < -0.39 is 5.97 Å². The fraction of sp³-hybridized carbons (Fsp3) is 0.160. The van der Waals surface area contributed by atoms with E-state index in [1.54, 1.807) is 31.4 Å². The predicted octanol–water partition coefficient (Wildman–Crippen LogP) is 5.33. The Morgan fingerprint density at radius 1 is 0.931 bits per heavy atom. The number of hydrogen-bond acceptors (Lipinski definition) is 3. The van der Waals surface area contributed by atoms with E-state index in [0.717, 1.165) is 18.4 Å². The monoisotopic (exact) mass is 388 g/mol. The summed E-state index contributed by atoms with van der Waals surface area (Å²) in [5, 5.41) is 9.62. The maximum Gasteiger partial charge on any atom is 0.336 e. The lowest BCUT2D eigenvalue weighted by molar-refractivity contribution is -0.130. The summed E-state index contributed by atoms with van der Waals surface area (Å²) < 4.78 is 11.3. The van der Waals surface area contributed by atoms with Gasteiger partial charge >= 0.3 is 5.97 Å². The number of aryl methyl sites for hydroxylation is 1. The third-order valence-corrected chi connectivity index (χ3v) is 4.52. The van der Waals surface area contributed by atoms with Crippen LogP contribution < -0.4 is 9.47 Å². The van der Waals surface area contributed by atoms with Gasteiger partial charge in [-0.15, -0.1) is 0 Å². The summed E-state index contributed by atoms with van der Waals surface area (Å²) >= 11 is 0. The van der Waals surface area contributed by atoms with Crippen molar-refractivity contribution < 1.29 is 19.4 Å². The van der Waals surface area contributed by atoms with Gasteiger partial charge < -0.3 is 14.6 Å². The molecule has 29 heavy (non-hydrogen) atoms. The Hall–Kier alpha value is -3.53. The van der Waals surface area contributed by atoms with Gasteiger partial charge in [0.05, 0.1) is 19.3 Å². The molecule has 0 aromatic heterocycles. The number of aliphatic carboxylic acids is 1. The fourth-order valence-electron chi connectivity index (χ4n) is 3.05. The van der Waals surface area contributed by atoms with Crippen LogP contribution in [0.15, 0.2) is 78.9 Å². The van der Waals surface area contributed by atoms with Crippen LogP contribution in [-0.4, -0.2) is 24.8 Å². The summed E-state index contributed by atoms with van der Waals surface area (Å²) in [7, 11) is 1.59. The van der Waals surface area contributed by atoms with Crippen LogP contribution >= 0.6 is 0 Å². The third kappa shape index (κ3) is 5.72. The van der Waals surface area contributed by atoms with E-state index in [-0.39, 0.29) is 5.57 Å². The highest BCUT2D eigenvalue weighted by Crippen LogP contribution is 2.30. The molecule has 0 heterocycles. The van der Waals surface area contributed by atoms with Crippen molar-refractivity contribution in [2.75, 3.05) is 13.7 Å². The lowest BCUT2D eigenvalue weighted by Gasteiger charge is -2.12. The zero-order chi connectivity index (χ0) is 20.5. The molecule has 3 aromatic carbocycles. The number of hydrogen-bond donors (Lipinski definition) is 1. The van der Waals surface area contributed by atoms with Crippen molar-refractivity contribution in [3.63, 3.8) is 0 Å². The van der Waals surface area contributed by atoms with Crippen molar-refractivity contribution in [1.29, 1.82) is 0 Å². The van der Waals surface area contributed by atoms with E-state index in [0.29, 0.717) is 23.7 Å². The second kappa shape index (κ2) is 10.1. The van der Waals surface area contributed by atoms with E-state index >= 15 is 0 Å². The highest BCUT2D eigenvalue weighted by atomic mass is 16.5. The molecule has 0 bridgehead atoms. The maximum atomic E-state index is 11.7. The van der Waals surface area contributed by atoms with Gasteiger partial charge in [0.25, 0.3) is 0 Å². The third-order valence-electron chi connectivity index (χ3n) is 4.52. The number of rotatable bonds is 9. The number of benzene rings is 3. The van der Waals surface area contributed by atoms with Crippen molar-refractivity contribution in [2.45, 2.75) is 12.8 Å². The molecule has 0 saturated carbocycles. The zero-order valence-electron chi connectivity index (χ0n) is 16.4. The van der Waals surface area contributed by atoms with Crippen LogP contribution in [0.4, 0.5) is 0 Å². The molecule has 0 amide bonds. The Morgan fingerprint density at radius 2 is 1.62 bits per heavy atom. The second-order valence-corrected chi connectivity index (χ2v) is 6.58. The lowest BCUT2D eigenvalue weighted by Crippen LogP contribution is -2.02. The molecule has 0 unspecified atom stereocenters. The van der Waals surface area contributed by atoms with Crippen molar-refractivity contribution in [3.05, 3.63) is 95.6 Å². The van der Waals surface area contributed by atoms with E-state index in [4.69, 9.17) is 9.47 Å². The summed E-state index contributed by atoms with van der Waals surface area (Å²) in [6, 6.07) is 24.8. The number of ether oxygens (including phenoxy) is 2. The molecule has 0 aliphatic rings. The van der Waals surface area contributed by atoms with E-state index in [9.17, 15) is 9.90 Å². The summed E-state index contributed by atoms with van der Waals surface area (Å²) in [6.45, 7) is 0.545. The second-order valence-electron chi connectivity index (χ2n) is 6.58. The topological polar surface area (TPSA) is 55.8 Å². The standard InChI is InChI=1S/C25H24O4/c1-28-23-15-14-20(17-22(25(26)27)21-12-6-3-7-13-21)18-24(23)29-16-8-11-19-9-4-2-5-10-19/h2-7,9-10,12-15,17-18H,8,11,16H2,1H3,(H,26,27)/b22-17-. The van der Waals surface area contributed by atoms with Crippen molar-refractivity contribution >= 4 is 17.6 Å². The van der Waals surface area contributed by atoms with Gasteiger partial charge in [0, 0.05) is 0 Å². The van der Waals surface area contributed by atoms with Crippen molar-refractivity contribution in [2.24, 2.45) is 0 Å². The Labute approximate surface area is 171 Å². The largest absolute Gasteiger partial charge is 0.493 e. The Balaban J connectivity index is 1.74. The summed E-state index contributed by atoms with van der Waals surface area (Å²) in [4.78, 5) is 11.7. The maximum absolute atomic E-state index is 11.7. The molecular weight excluding hydrogens is 364 g/mol. The van der Waals surface area contributed by atoms with Crippen molar-refractivity contribution in [3.8, 4) is 11.5 Å². The molecule has 1 N–H and O–H groups in total. The zero-order valence-corrected chi connectivity index (χ0v) is 16.4. The van der Waals surface area contributed by atoms with Crippen LogP contribution in [0.5, 0.6) is 11.5 Å². The van der Waals surface area contributed by atoms with Gasteiger partial charge in [-0.25, -0.2) is 4.79 Å². The molecule has 0 aliphatic heterocycles. The summed E-state index contributed by atoms with van der Waals surface area (Å²) in [5.74, 6) is 0.253. The van der Waals surface area contributed by atoms with Crippen LogP contribution in [0, 0.1) is 0 Å². The van der Waals surface area contributed by atoms with Crippen LogP contribution in [0.3, 0.4) is 0 Å². The molecular formula is C25H24O4. The van der Waals surface area contributed by atoms with Gasteiger partial charge in [-0.05, 0) is 47.7 Å². The molecule has 0 radical (unpaired) electrons. The first kappa shape index (κ1) is 20.2. The minimum Gasteiger partial charge on any atom is -0.493 e. The van der Waals surface area contributed by atoms with Crippen molar-refractivity contribution in [1.82, 2.24) is 0 Å². The average Bonchev–Trinajstić information content (AvgIpc) is 2.76. The first-order valence-corrected chi connectivity index (χ1v) is 9.52. The smallest absolute Gasteiger partial charge is 0.336 e. The first-order valence-electron chi connectivity index (χ1n) is 9.52. The molecule has 4 nitrogen and oxygen atoms in total. The number of carbonyl (C=O) groups is 1.